The third-order valence-corrected chi connectivity index (χ3v) is 1.95. The summed E-state index contributed by atoms with van der Waals surface area (Å²) in [6, 6.07) is 0. The lowest BCUT2D eigenvalue weighted by Gasteiger charge is -2.06. The van der Waals surface area contributed by atoms with E-state index in [-0.39, 0.29) is 5.29 Å². The molecule has 80 valence electrons. The van der Waals surface area contributed by atoms with Crippen LogP contribution in [0.2, 0.25) is 0 Å². The van der Waals surface area contributed by atoms with Gasteiger partial charge in [-0.15, -0.1) is 5.10 Å². The number of nitrogens with zero attached hydrogens (tertiary/aromatic N) is 2. The molecule has 1 heterocycles. The van der Waals surface area contributed by atoms with Gasteiger partial charge in [0, 0.05) is 0 Å². The van der Waals surface area contributed by atoms with Gasteiger partial charge < -0.3 is 0 Å². The topological polar surface area (TPSA) is 15.4 Å². The average molecular weight is 243 g/mol. The molecule has 0 saturated heterocycles. The summed E-state index contributed by atoms with van der Waals surface area (Å²) >= 11 is 5.18. The number of amidine groups is 1. The Hall–Kier alpha value is -1.37. The normalized spacial score (nSPS) is 14.3. The molecule has 8 heteroatoms. The van der Waals surface area contributed by atoms with Crippen molar-refractivity contribution in [2.45, 2.75) is 0 Å². The molecule has 0 bridgehead atoms. The van der Waals surface area contributed by atoms with Crippen molar-refractivity contribution in [3.05, 3.63) is 29.1 Å². The van der Waals surface area contributed by atoms with Gasteiger partial charge in [0.1, 0.15) is 5.69 Å². The van der Waals surface area contributed by atoms with Crippen molar-refractivity contribution in [3.63, 3.8) is 0 Å². The van der Waals surface area contributed by atoms with Crippen molar-refractivity contribution < 1.29 is 22.0 Å². The highest BCUT2D eigenvalue weighted by molar-refractivity contribution is 6.71. The van der Waals surface area contributed by atoms with Crippen molar-refractivity contribution in [1.82, 2.24) is 0 Å². The number of benzene rings is 1. The van der Waals surface area contributed by atoms with Crippen LogP contribution in [0, 0.1) is 29.1 Å². The molecule has 0 saturated carbocycles. The van der Waals surface area contributed by atoms with E-state index in [4.69, 9.17) is 11.6 Å². The van der Waals surface area contributed by atoms with Crippen LogP contribution in [0.5, 0.6) is 0 Å². The largest absolute Gasteiger partial charge is 0.243 e. The van der Waals surface area contributed by atoms with Gasteiger partial charge in [-0.25, -0.2) is 22.0 Å². The molecule has 1 aromatic carbocycles. The zero-order valence-corrected chi connectivity index (χ0v) is 7.42. The summed E-state index contributed by atoms with van der Waals surface area (Å²) in [6.07, 6.45) is 0. The first kappa shape index (κ1) is 10.2. The summed E-state index contributed by atoms with van der Waals surface area (Å²) in [6.45, 7) is 0. The Morgan fingerprint density at radius 2 is 1.13 bits per heavy atom. The molecule has 0 atom stereocenters. The van der Waals surface area contributed by atoms with Crippen molar-refractivity contribution >= 4 is 22.6 Å². The highest BCUT2D eigenvalue weighted by atomic mass is 35.5. The van der Waals surface area contributed by atoms with E-state index >= 15 is 0 Å². The van der Waals surface area contributed by atoms with E-state index in [1.54, 1.807) is 0 Å². The van der Waals surface area contributed by atoms with Crippen LogP contribution >= 0.6 is 11.6 Å². The van der Waals surface area contributed by atoms with E-state index in [9.17, 15) is 22.0 Å². The molecule has 0 aromatic heterocycles. The molecule has 0 fully saturated rings. The zero-order valence-electron chi connectivity index (χ0n) is 6.66. The summed E-state index contributed by atoms with van der Waals surface area (Å²) in [4.78, 5) is 0. The molecule has 0 N–H and O–H groups in total. The number of hydrazone groups is 1. The lowest BCUT2D eigenvalue weighted by Crippen LogP contribution is -2.10. The quantitative estimate of drug-likeness (QED) is 0.320. The summed E-state index contributed by atoms with van der Waals surface area (Å²) in [7, 11) is 0. The van der Waals surface area contributed by atoms with Crippen molar-refractivity contribution in [3.8, 4) is 0 Å². The SMILES string of the molecule is Fc1c(F)c(F)c(N2N=C2Cl)c(F)c1F. The van der Waals surface area contributed by atoms with E-state index in [0.29, 0.717) is 5.01 Å². The molecular formula is C7ClF5N2. The minimum Gasteiger partial charge on any atom is -0.201 e. The van der Waals surface area contributed by atoms with Crippen molar-refractivity contribution in [2.24, 2.45) is 5.10 Å². The van der Waals surface area contributed by atoms with Crippen LogP contribution in [0.1, 0.15) is 0 Å². The van der Waals surface area contributed by atoms with Crippen LogP contribution < -0.4 is 5.01 Å². The third kappa shape index (κ3) is 1.34. The van der Waals surface area contributed by atoms with Crippen molar-refractivity contribution in [1.29, 1.82) is 0 Å². The van der Waals surface area contributed by atoms with Crippen LogP contribution in [-0.2, 0) is 0 Å². The lowest BCUT2D eigenvalue weighted by molar-refractivity contribution is 0.380. The molecule has 15 heavy (non-hydrogen) atoms. The van der Waals surface area contributed by atoms with Crippen LogP contribution in [0.4, 0.5) is 27.6 Å². The number of rotatable bonds is 1. The standard InChI is InChI=1S/C7ClF5N2/c8-7-14-15(7)6-4(12)2(10)1(9)3(11)5(6)13. The Kier molecular flexibility index (Phi) is 2.07. The summed E-state index contributed by atoms with van der Waals surface area (Å²) < 4.78 is 63.8. The Balaban J connectivity index is 2.64. The van der Waals surface area contributed by atoms with E-state index in [1.807, 2.05) is 0 Å². The highest BCUT2D eigenvalue weighted by Crippen LogP contribution is 2.34. The lowest BCUT2D eigenvalue weighted by atomic mass is 10.2. The Morgan fingerprint density at radius 1 is 0.800 bits per heavy atom. The van der Waals surface area contributed by atoms with E-state index in [1.165, 1.54) is 0 Å². The summed E-state index contributed by atoms with van der Waals surface area (Å²) in [5.74, 6) is -10.2. The van der Waals surface area contributed by atoms with Crippen LogP contribution in [-0.4, -0.2) is 5.29 Å². The Labute approximate surface area is 84.5 Å². The van der Waals surface area contributed by atoms with Crippen LogP contribution in [0.3, 0.4) is 0 Å². The van der Waals surface area contributed by atoms with E-state index < -0.39 is 34.8 Å². The maximum absolute atomic E-state index is 13.0. The van der Waals surface area contributed by atoms with Gasteiger partial charge in [-0.3, -0.25) is 0 Å². The van der Waals surface area contributed by atoms with Crippen molar-refractivity contribution in [2.75, 3.05) is 5.01 Å². The summed E-state index contributed by atoms with van der Waals surface area (Å²) in [5.41, 5.74) is -1.17. The second kappa shape index (κ2) is 3.06. The van der Waals surface area contributed by atoms with Gasteiger partial charge in [-0.05, 0) is 11.6 Å². The minimum absolute atomic E-state index is 0.349. The van der Waals surface area contributed by atoms with Gasteiger partial charge in [0.05, 0.1) is 0 Å². The molecule has 1 aliphatic rings. The second-order valence-electron chi connectivity index (χ2n) is 2.60. The van der Waals surface area contributed by atoms with Gasteiger partial charge in [0.2, 0.25) is 11.1 Å². The van der Waals surface area contributed by atoms with E-state index in [0.717, 1.165) is 0 Å². The maximum atomic E-state index is 13.0. The molecule has 0 unspecified atom stereocenters. The molecule has 0 spiro atoms. The monoisotopic (exact) mass is 242 g/mol. The second-order valence-corrected chi connectivity index (χ2v) is 2.94. The predicted molar refractivity (Wildman–Crippen MR) is 42.0 cm³/mol. The molecule has 2 nitrogen and oxygen atoms in total. The van der Waals surface area contributed by atoms with Crippen LogP contribution in [0.25, 0.3) is 0 Å². The Bertz CT molecular complexity index is 458. The minimum atomic E-state index is -2.22. The van der Waals surface area contributed by atoms with Gasteiger partial charge in [-0.1, -0.05) is 0 Å². The van der Waals surface area contributed by atoms with Gasteiger partial charge in [0.25, 0.3) is 0 Å². The van der Waals surface area contributed by atoms with Gasteiger partial charge >= 0.3 is 0 Å². The average Bonchev–Trinajstić information content (AvgIpc) is 2.90. The summed E-state index contributed by atoms with van der Waals surface area (Å²) in [5, 5.41) is 3.20. The number of anilines is 1. The zero-order chi connectivity index (χ0) is 11.3. The first-order valence-electron chi connectivity index (χ1n) is 3.50. The highest BCUT2D eigenvalue weighted by Gasteiger charge is 2.35. The predicted octanol–water partition coefficient (Wildman–Crippen LogP) is 2.71. The smallest absolute Gasteiger partial charge is 0.201 e. The number of hydrogen-bond donors (Lipinski definition) is 0. The Morgan fingerprint density at radius 3 is 1.47 bits per heavy atom. The first-order valence-corrected chi connectivity index (χ1v) is 3.88. The third-order valence-electron chi connectivity index (χ3n) is 1.72. The molecule has 1 aliphatic heterocycles. The fraction of sp³-hybridized carbons (Fsp3) is 0. The molecule has 2 rings (SSSR count). The molecule has 0 amide bonds. The van der Waals surface area contributed by atoms with E-state index in [2.05, 4.69) is 5.10 Å². The molecular weight excluding hydrogens is 243 g/mol. The molecule has 0 aliphatic carbocycles. The van der Waals surface area contributed by atoms with Gasteiger partial charge in [-0.2, -0.15) is 5.01 Å². The first-order chi connectivity index (χ1) is 6.95. The molecule has 0 radical (unpaired) electrons. The fourth-order valence-corrected chi connectivity index (χ4v) is 1.14. The van der Waals surface area contributed by atoms with Crippen LogP contribution in [0.15, 0.2) is 5.10 Å². The fourth-order valence-electron chi connectivity index (χ4n) is 0.982. The number of halogens is 6. The van der Waals surface area contributed by atoms with Gasteiger partial charge in [0.15, 0.2) is 23.3 Å². The maximum Gasteiger partial charge on any atom is 0.243 e. The molecule has 1 aromatic rings. The number of hydrogen-bond acceptors (Lipinski definition) is 2.